The molecule has 0 saturated heterocycles. The van der Waals surface area contributed by atoms with Crippen molar-refractivity contribution in [3.05, 3.63) is 95.5 Å². The van der Waals surface area contributed by atoms with Crippen LogP contribution < -0.4 is 15.0 Å². The Morgan fingerprint density at radius 1 is 0.700 bits per heavy atom. The monoisotopic (exact) mass is 465 g/mol. The van der Waals surface area contributed by atoms with E-state index in [0.717, 1.165) is 0 Å². The molecule has 0 radical (unpaired) electrons. The third-order valence-electron chi connectivity index (χ3n) is 4.22. The zero-order valence-corrected chi connectivity index (χ0v) is 18.1. The largest absolute Gasteiger partial charge is 0.253 e. The van der Waals surface area contributed by atoms with Crippen molar-refractivity contribution in [1.29, 1.82) is 0 Å². The molecule has 0 fully saturated rings. The van der Waals surface area contributed by atoms with Gasteiger partial charge in [0.25, 0.3) is 10.0 Å². The summed E-state index contributed by atoms with van der Waals surface area (Å²) >= 11 is 5.81. The van der Waals surface area contributed by atoms with Gasteiger partial charge in [0, 0.05) is 11.6 Å². The zero-order valence-electron chi connectivity index (χ0n) is 15.7. The average Bonchev–Trinajstić information content (AvgIpc) is 2.75. The summed E-state index contributed by atoms with van der Waals surface area (Å²) in [6, 6.07) is 21.9. The third kappa shape index (κ3) is 5.88. The minimum Gasteiger partial charge on any atom is -0.235 e. The number of benzene rings is 3. The van der Waals surface area contributed by atoms with E-state index in [1.54, 1.807) is 42.5 Å². The lowest BCUT2D eigenvalue weighted by Gasteiger charge is -2.20. The van der Waals surface area contributed by atoms with Gasteiger partial charge < -0.3 is 0 Å². The standard InChI is InChI=1S/C20H20ClN3O4S2/c21-17-11-13-19(14-12-17)29(25,26)22-15-20(16-7-3-1-4-8-16)23-24-30(27,28)18-9-5-2-6-10-18/h1-14,20,22-24H,15H2/t20-/m1/s1. The lowest BCUT2D eigenvalue weighted by Crippen LogP contribution is -2.44. The molecule has 3 N–H and O–H groups in total. The van der Waals surface area contributed by atoms with Gasteiger partial charge in [-0.1, -0.05) is 60.1 Å². The fraction of sp³-hybridized carbons (Fsp3) is 0.100. The molecule has 0 unspecified atom stereocenters. The molecule has 30 heavy (non-hydrogen) atoms. The Kier molecular flexibility index (Phi) is 7.24. The maximum absolute atomic E-state index is 12.6. The second kappa shape index (κ2) is 9.69. The number of rotatable bonds is 9. The Morgan fingerprint density at radius 2 is 1.23 bits per heavy atom. The summed E-state index contributed by atoms with van der Waals surface area (Å²) in [5.74, 6) is 0. The average molecular weight is 466 g/mol. The van der Waals surface area contributed by atoms with Gasteiger partial charge in [-0.15, -0.1) is 4.83 Å². The van der Waals surface area contributed by atoms with E-state index in [4.69, 9.17) is 11.6 Å². The van der Waals surface area contributed by atoms with Crippen LogP contribution in [-0.2, 0) is 20.0 Å². The summed E-state index contributed by atoms with van der Waals surface area (Å²) < 4.78 is 52.7. The third-order valence-corrected chi connectivity index (χ3v) is 7.20. The summed E-state index contributed by atoms with van der Waals surface area (Å²) in [7, 11) is -7.64. The minimum atomic E-state index is -3.83. The van der Waals surface area contributed by atoms with Crippen molar-refractivity contribution in [1.82, 2.24) is 15.0 Å². The number of nitrogens with one attached hydrogen (secondary N) is 3. The van der Waals surface area contributed by atoms with Gasteiger partial charge in [-0.3, -0.25) is 0 Å². The molecule has 1 atom stereocenters. The summed E-state index contributed by atoms with van der Waals surface area (Å²) in [4.78, 5) is 2.48. The van der Waals surface area contributed by atoms with Crippen LogP contribution in [0.25, 0.3) is 0 Å². The lowest BCUT2D eigenvalue weighted by atomic mass is 10.1. The molecule has 0 heterocycles. The van der Waals surface area contributed by atoms with Crippen molar-refractivity contribution in [3.8, 4) is 0 Å². The highest BCUT2D eigenvalue weighted by atomic mass is 35.5. The van der Waals surface area contributed by atoms with Crippen molar-refractivity contribution in [2.24, 2.45) is 0 Å². The molecule has 0 aliphatic carbocycles. The molecule has 0 aliphatic heterocycles. The molecule has 0 saturated carbocycles. The highest BCUT2D eigenvalue weighted by Crippen LogP contribution is 2.16. The molecule has 0 aliphatic rings. The van der Waals surface area contributed by atoms with Crippen LogP contribution in [0.5, 0.6) is 0 Å². The van der Waals surface area contributed by atoms with E-state index >= 15 is 0 Å². The van der Waals surface area contributed by atoms with Crippen molar-refractivity contribution < 1.29 is 16.8 Å². The van der Waals surface area contributed by atoms with Crippen LogP contribution in [-0.4, -0.2) is 23.4 Å². The molecular weight excluding hydrogens is 446 g/mol. The molecule has 0 bridgehead atoms. The molecule has 0 spiro atoms. The van der Waals surface area contributed by atoms with E-state index in [0.29, 0.717) is 10.6 Å². The van der Waals surface area contributed by atoms with Crippen LogP contribution in [0.2, 0.25) is 5.02 Å². The molecule has 10 heteroatoms. The second-order valence-electron chi connectivity index (χ2n) is 6.33. The highest BCUT2D eigenvalue weighted by molar-refractivity contribution is 7.89. The van der Waals surface area contributed by atoms with Crippen LogP contribution in [0.3, 0.4) is 0 Å². The molecule has 3 aromatic carbocycles. The van der Waals surface area contributed by atoms with Crippen molar-refractivity contribution in [2.75, 3.05) is 6.54 Å². The van der Waals surface area contributed by atoms with Gasteiger partial charge in [0.2, 0.25) is 10.0 Å². The lowest BCUT2D eigenvalue weighted by molar-refractivity contribution is 0.482. The first-order chi connectivity index (χ1) is 14.3. The minimum absolute atomic E-state index is 0.0589. The smallest absolute Gasteiger partial charge is 0.235 e. The Balaban J connectivity index is 1.76. The first-order valence-electron chi connectivity index (χ1n) is 8.90. The van der Waals surface area contributed by atoms with E-state index in [-0.39, 0.29) is 16.3 Å². The molecule has 158 valence electrons. The number of hydrazine groups is 1. The van der Waals surface area contributed by atoms with Crippen LogP contribution in [0.4, 0.5) is 0 Å². The topological polar surface area (TPSA) is 104 Å². The predicted molar refractivity (Wildman–Crippen MR) is 116 cm³/mol. The van der Waals surface area contributed by atoms with Gasteiger partial charge in [0.05, 0.1) is 15.8 Å². The molecule has 0 amide bonds. The quantitative estimate of drug-likeness (QED) is 0.421. The van der Waals surface area contributed by atoms with E-state index in [2.05, 4.69) is 15.0 Å². The Labute approximate surface area is 181 Å². The first-order valence-corrected chi connectivity index (χ1v) is 12.2. The van der Waals surface area contributed by atoms with Crippen molar-refractivity contribution >= 4 is 31.6 Å². The maximum Gasteiger partial charge on any atom is 0.253 e. The van der Waals surface area contributed by atoms with E-state index in [1.807, 2.05) is 6.07 Å². The predicted octanol–water partition coefficient (Wildman–Crippen LogP) is 2.84. The molecule has 0 aromatic heterocycles. The van der Waals surface area contributed by atoms with Crippen LogP contribution >= 0.6 is 11.6 Å². The summed E-state index contributed by atoms with van der Waals surface area (Å²) in [5.41, 5.74) is 3.42. The number of sulfonamides is 2. The van der Waals surface area contributed by atoms with Gasteiger partial charge in [-0.05, 0) is 42.0 Å². The van der Waals surface area contributed by atoms with Gasteiger partial charge in [-0.2, -0.15) is 0 Å². The molecular formula is C20H20ClN3O4S2. The van der Waals surface area contributed by atoms with Crippen molar-refractivity contribution in [3.63, 3.8) is 0 Å². The van der Waals surface area contributed by atoms with Crippen LogP contribution in [0.1, 0.15) is 11.6 Å². The zero-order chi connectivity index (χ0) is 21.6. The van der Waals surface area contributed by atoms with Crippen LogP contribution in [0.15, 0.2) is 94.7 Å². The van der Waals surface area contributed by atoms with E-state index < -0.39 is 26.1 Å². The first kappa shape index (κ1) is 22.4. The van der Waals surface area contributed by atoms with E-state index in [9.17, 15) is 16.8 Å². The van der Waals surface area contributed by atoms with Gasteiger partial charge in [-0.25, -0.2) is 27.0 Å². The summed E-state index contributed by atoms with van der Waals surface area (Å²) in [5, 5.41) is 0.424. The second-order valence-corrected chi connectivity index (χ2v) is 10.2. The molecule has 3 aromatic rings. The van der Waals surface area contributed by atoms with Gasteiger partial charge in [0.1, 0.15) is 0 Å². The number of hydrogen-bond donors (Lipinski definition) is 3. The Bertz CT molecular complexity index is 1170. The van der Waals surface area contributed by atoms with E-state index in [1.165, 1.54) is 36.4 Å². The van der Waals surface area contributed by atoms with Gasteiger partial charge in [0.15, 0.2) is 0 Å². The molecule has 7 nitrogen and oxygen atoms in total. The summed E-state index contributed by atoms with van der Waals surface area (Å²) in [6.07, 6.45) is 0. The number of hydrogen-bond acceptors (Lipinski definition) is 5. The van der Waals surface area contributed by atoms with Crippen molar-refractivity contribution in [2.45, 2.75) is 15.8 Å². The summed E-state index contributed by atoms with van der Waals surface area (Å²) in [6.45, 7) is -0.0910. The van der Waals surface area contributed by atoms with Gasteiger partial charge >= 0.3 is 0 Å². The van der Waals surface area contributed by atoms with Crippen LogP contribution in [0, 0.1) is 0 Å². The fourth-order valence-electron chi connectivity index (χ4n) is 2.63. The highest BCUT2D eigenvalue weighted by Gasteiger charge is 2.20. The Hall–Kier alpha value is -2.27. The molecule has 3 rings (SSSR count). The Morgan fingerprint density at radius 3 is 1.83 bits per heavy atom. The fourth-order valence-corrected chi connectivity index (χ4v) is 4.74. The SMILES string of the molecule is O=S(=O)(NC[C@@H](NNS(=O)(=O)c1ccccc1)c1ccccc1)c1ccc(Cl)cc1. The number of halogens is 1. The normalized spacial score (nSPS) is 13.1. The maximum atomic E-state index is 12.6.